The van der Waals surface area contributed by atoms with Gasteiger partial charge < -0.3 is 25.8 Å². The highest BCUT2D eigenvalue weighted by Gasteiger charge is 2.24. The standard InChI is InChI=1S/C21H29N5O4/c22-20(28)14-26(13-15-4-1-2-5-15)21(29)25-18-7-6-16(17-11-23-24-12-17)10-19(18)30-9-3-8-27/h6-7,10-12,15,27H,1-5,8-9,13-14H2,(H2,22,28)(H,23,24)(H,25,29). The Morgan fingerprint density at radius 1 is 1.30 bits per heavy atom. The second-order valence-corrected chi connectivity index (χ2v) is 7.55. The van der Waals surface area contributed by atoms with Crippen LogP contribution in [0.15, 0.2) is 30.6 Å². The van der Waals surface area contributed by atoms with Crippen molar-refractivity contribution in [3.8, 4) is 16.9 Å². The molecule has 0 spiro atoms. The second-order valence-electron chi connectivity index (χ2n) is 7.55. The number of nitrogens with zero attached hydrogens (tertiary/aromatic N) is 2. The molecule has 0 saturated heterocycles. The molecule has 9 heteroatoms. The average Bonchev–Trinajstić information content (AvgIpc) is 3.42. The van der Waals surface area contributed by atoms with Gasteiger partial charge in [-0.2, -0.15) is 5.10 Å². The number of nitrogens with two attached hydrogens (primary N) is 1. The molecule has 0 aliphatic heterocycles. The van der Waals surface area contributed by atoms with Crippen LogP contribution in [-0.2, 0) is 4.79 Å². The fraction of sp³-hybridized carbons (Fsp3) is 0.476. The van der Waals surface area contributed by atoms with Crippen LogP contribution in [0.3, 0.4) is 0 Å². The molecule has 1 aliphatic carbocycles. The number of aliphatic hydroxyl groups excluding tert-OH is 1. The van der Waals surface area contributed by atoms with Gasteiger partial charge in [-0.05, 0) is 36.5 Å². The van der Waals surface area contributed by atoms with Gasteiger partial charge in [0.15, 0.2) is 0 Å². The number of hydrogen-bond donors (Lipinski definition) is 4. The molecule has 1 saturated carbocycles. The monoisotopic (exact) mass is 415 g/mol. The summed E-state index contributed by atoms with van der Waals surface area (Å²) in [4.78, 5) is 25.9. The molecular formula is C21H29N5O4. The van der Waals surface area contributed by atoms with Crippen molar-refractivity contribution in [2.75, 3.05) is 31.6 Å². The van der Waals surface area contributed by atoms with Crippen LogP contribution >= 0.6 is 0 Å². The molecule has 1 heterocycles. The van der Waals surface area contributed by atoms with Gasteiger partial charge in [0.1, 0.15) is 12.3 Å². The maximum Gasteiger partial charge on any atom is 0.322 e. The van der Waals surface area contributed by atoms with Gasteiger partial charge in [-0.25, -0.2) is 4.79 Å². The zero-order valence-electron chi connectivity index (χ0n) is 17.0. The number of primary amides is 1. The lowest BCUT2D eigenvalue weighted by atomic mass is 10.1. The predicted molar refractivity (Wildman–Crippen MR) is 113 cm³/mol. The minimum absolute atomic E-state index is 0.0108. The van der Waals surface area contributed by atoms with Crippen LogP contribution in [0.5, 0.6) is 5.75 Å². The van der Waals surface area contributed by atoms with Crippen LogP contribution in [0, 0.1) is 5.92 Å². The number of urea groups is 1. The summed E-state index contributed by atoms with van der Waals surface area (Å²) in [6, 6.07) is 5.04. The van der Waals surface area contributed by atoms with Gasteiger partial charge >= 0.3 is 6.03 Å². The van der Waals surface area contributed by atoms with Gasteiger partial charge in [-0.15, -0.1) is 0 Å². The van der Waals surface area contributed by atoms with E-state index < -0.39 is 5.91 Å². The molecule has 0 atom stereocenters. The predicted octanol–water partition coefficient (Wildman–Crippen LogP) is 2.35. The van der Waals surface area contributed by atoms with Crippen LogP contribution in [-0.4, -0.2) is 58.4 Å². The van der Waals surface area contributed by atoms with Crippen LogP contribution in [0.1, 0.15) is 32.1 Å². The van der Waals surface area contributed by atoms with Crippen molar-refractivity contribution < 1.29 is 19.4 Å². The average molecular weight is 415 g/mol. The summed E-state index contributed by atoms with van der Waals surface area (Å²) < 4.78 is 5.80. The van der Waals surface area contributed by atoms with E-state index in [4.69, 9.17) is 15.6 Å². The fourth-order valence-electron chi connectivity index (χ4n) is 3.69. The van der Waals surface area contributed by atoms with Gasteiger partial charge in [0, 0.05) is 31.3 Å². The summed E-state index contributed by atoms with van der Waals surface area (Å²) in [6.07, 6.45) is 8.33. The summed E-state index contributed by atoms with van der Waals surface area (Å²) in [5, 5.41) is 18.6. The molecule has 162 valence electrons. The SMILES string of the molecule is NC(=O)CN(CC1CCCC1)C(=O)Nc1ccc(-c2cn[nH]c2)cc1OCCCO. The summed E-state index contributed by atoms with van der Waals surface area (Å²) in [6.45, 7) is 0.691. The van der Waals surface area contributed by atoms with E-state index in [1.165, 1.54) is 4.90 Å². The number of hydrogen-bond acceptors (Lipinski definition) is 5. The third-order valence-corrected chi connectivity index (χ3v) is 5.20. The first-order chi connectivity index (χ1) is 14.6. The van der Waals surface area contributed by atoms with E-state index in [-0.39, 0.29) is 19.2 Å². The number of benzene rings is 1. The number of rotatable bonds is 10. The van der Waals surface area contributed by atoms with Crippen LogP contribution in [0.2, 0.25) is 0 Å². The molecule has 0 radical (unpaired) electrons. The summed E-state index contributed by atoms with van der Waals surface area (Å²) >= 11 is 0. The number of carbonyl (C=O) groups excluding carboxylic acids is 2. The zero-order valence-corrected chi connectivity index (χ0v) is 17.0. The van der Waals surface area contributed by atoms with Gasteiger partial charge in [-0.3, -0.25) is 9.89 Å². The van der Waals surface area contributed by atoms with Crippen LogP contribution in [0.25, 0.3) is 11.1 Å². The van der Waals surface area contributed by atoms with E-state index in [2.05, 4.69) is 15.5 Å². The molecule has 30 heavy (non-hydrogen) atoms. The number of ether oxygens (including phenoxy) is 1. The normalized spacial score (nSPS) is 13.9. The molecule has 3 amide bonds. The lowest BCUT2D eigenvalue weighted by Crippen LogP contribution is -2.43. The van der Waals surface area contributed by atoms with Crippen molar-refractivity contribution in [1.82, 2.24) is 15.1 Å². The lowest BCUT2D eigenvalue weighted by Gasteiger charge is -2.25. The molecule has 1 fully saturated rings. The van der Waals surface area contributed by atoms with E-state index in [1.807, 2.05) is 12.1 Å². The Morgan fingerprint density at radius 2 is 2.10 bits per heavy atom. The van der Waals surface area contributed by atoms with Crippen LogP contribution < -0.4 is 15.8 Å². The Bertz CT molecular complexity index is 834. The molecule has 0 unspecified atom stereocenters. The molecule has 5 N–H and O–H groups in total. The number of amides is 3. The number of H-pyrrole nitrogens is 1. The first-order valence-corrected chi connectivity index (χ1v) is 10.3. The van der Waals surface area contributed by atoms with Crippen molar-refractivity contribution in [2.24, 2.45) is 11.7 Å². The Morgan fingerprint density at radius 3 is 2.77 bits per heavy atom. The lowest BCUT2D eigenvalue weighted by molar-refractivity contribution is -0.118. The molecule has 1 aromatic heterocycles. The molecule has 1 aliphatic rings. The molecular weight excluding hydrogens is 386 g/mol. The first-order valence-electron chi connectivity index (χ1n) is 10.3. The third kappa shape index (κ3) is 5.96. The van der Waals surface area contributed by atoms with E-state index in [0.29, 0.717) is 36.9 Å². The highest BCUT2D eigenvalue weighted by atomic mass is 16.5. The second kappa shape index (κ2) is 10.6. The number of anilines is 1. The smallest absolute Gasteiger partial charge is 0.322 e. The fourth-order valence-corrected chi connectivity index (χ4v) is 3.69. The Kier molecular flexibility index (Phi) is 7.67. The molecule has 1 aromatic carbocycles. The molecule has 3 rings (SSSR count). The Hall–Kier alpha value is -3.07. The van der Waals surface area contributed by atoms with Crippen molar-refractivity contribution >= 4 is 17.6 Å². The Balaban J connectivity index is 1.77. The highest BCUT2D eigenvalue weighted by molar-refractivity contribution is 5.93. The summed E-state index contributed by atoms with van der Waals surface area (Å²) in [5.74, 6) is 0.326. The number of aromatic nitrogens is 2. The maximum atomic E-state index is 12.9. The first kappa shape index (κ1) is 21.6. The van der Waals surface area contributed by atoms with Crippen LogP contribution in [0.4, 0.5) is 10.5 Å². The van der Waals surface area contributed by atoms with Crippen molar-refractivity contribution in [3.05, 3.63) is 30.6 Å². The molecule has 9 nitrogen and oxygen atoms in total. The number of aliphatic hydroxyl groups is 1. The van der Waals surface area contributed by atoms with Gasteiger partial charge in [0.05, 0.1) is 18.5 Å². The van der Waals surface area contributed by atoms with Crippen molar-refractivity contribution in [1.29, 1.82) is 0 Å². The number of nitrogens with one attached hydrogen (secondary N) is 2. The quantitative estimate of drug-likeness (QED) is 0.442. The van der Waals surface area contributed by atoms with E-state index >= 15 is 0 Å². The largest absolute Gasteiger partial charge is 0.491 e. The number of aromatic amines is 1. The summed E-state index contributed by atoms with van der Waals surface area (Å²) in [7, 11) is 0. The van der Waals surface area contributed by atoms with Crippen molar-refractivity contribution in [3.63, 3.8) is 0 Å². The third-order valence-electron chi connectivity index (χ3n) is 5.20. The minimum Gasteiger partial charge on any atom is -0.491 e. The minimum atomic E-state index is -0.544. The van der Waals surface area contributed by atoms with Crippen molar-refractivity contribution in [2.45, 2.75) is 32.1 Å². The van der Waals surface area contributed by atoms with E-state index in [9.17, 15) is 9.59 Å². The zero-order chi connectivity index (χ0) is 21.3. The van der Waals surface area contributed by atoms with Gasteiger partial charge in [-0.1, -0.05) is 18.9 Å². The number of carbonyl (C=O) groups is 2. The van der Waals surface area contributed by atoms with E-state index in [1.54, 1.807) is 18.5 Å². The van der Waals surface area contributed by atoms with Gasteiger partial charge in [0.25, 0.3) is 0 Å². The molecule has 0 bridgehead atoms. The van der Waals surface area contributed by atoms with Gasteiger partial charge in [0.2, 0.25) is 5.91 Å². The highest BCUT2D eigenvalue weighted by Crippen LogP contribution is 2.31. The maximum absolute atomic E-state index is 12.9. The summed E-state index contributed by atoms with van der Waals surface area (Å²) in [5.41, 5.74) is 7.62. The molecule has 2 aromatic rings. The Labute approximate surface area is 175 Å². The topological polar surface area (TPSA) is 134 Å². The van der Waals surface area contributed by atoms with E-state index in [0.717, 1.165) is 36.8 Å².